The molecule has 0 aliphatic rings. The van der Waals surface area contributed by atoms with Crippen LogP contribution in [0, 0.1) is 13.8 Å². The first kappa shape index (κ1) is 12.6. The molecule has 0 aliphatic carbocycles. The number of nitrogens with zero attached hydrogens (tertiary/aromatic N) is 3. The minimum atomic E-state index is -0.0388. The van der Waals surface area contributed by atoms with Crippen LogP contribution in [0.2, 0.25) is 5.02 Å². The summed E-state index contributed by atoms with van der Waals surface area (Å²) in [5, 5.41) is 7.50. The number of anilines is 2. The molecule has 0 aromatic carbocycles. The summed E-state index contributed by atoms with van der Waals surface area (Å²) in [6, 6.07) is -0.0388. The second-order valence-corrected chi connectivity index (χ2v) is 4.44. The minimum Gasteiger partial charge on any atom is -0.368 e. The Kier molecular flexibility index (Phi) is 3.38. The predicted molar refractivity (Wildman–Crippen MR) is 69.5 cm³/mol. The van der Waals surface area contributed by atoms with Crippen LogP contribution in [0.1, 0.15) is 30.0 Å². The van der Waals surface area contributed by atoms with Gasteiger partial charge in [0.25, 0.3) is 0 Å². The van der Waals surface area contributed by atoms with E-state index in [1.807, 2.05) is 20.8 Å². The molecule has 18 heavy (non-hydrogen) atoms. The second kappa shape index (κ2) is 4.81. The van der Waals surface area contributed by atoms with Crippen LogP contribution < -0.4 is 11.1 Å². The van der Waals surface area contributed by atoms with Gasteiger partial charge in [0.05, 0.1) is 17.9 Å². The Hall–Kier alpha value is -1.82. The fourth-order valence-corrected chi connectivity index (χ4v) is 2.01. The molecular weight excluding hydrogens is 254 g/mol. The molecule has 0 radical (unpaired) electrons. The fraction of sp³-hybridized carbons (Fsp3) is 0.364. The summed E-state index contributed by atoms with van der Waals surface area (Å²) in [6.07, 6.45) is 1.46. The van der Waals surface area contributed by atoms with Gasteiger partial charge in [-0.15, -0.1) is 0 Å². The molecule has 0 fully saturated rings. The highest BCUT2D eigenvalue weighted by Gasteiger charge is 2.17. The summed E-state index contributed by atoms with van der Waals surface area (Å²) in [6.45, 7) is 5.73. The topological polar surface area (TPSA) is 89.9 Å². The highest BCUT2D eigenvalue weighted by Crippen LogP contribution is 2.27. The molecule has 0 amide bonds. The van der Waals surface area contributed by atoms with Crippen molar-refractivity contribution in [3.8, 4) is 0 Å². The maximum absolute atomic E-state index is 6.00. The summed E-state index contributed by atoms with van der Waals surface area (Å²) in [5.41, 5.74) is 7.36. The van der Waals surface area contributed by atoms with Gasteiger partial charge in [-0.2, -0.15) is 4.98 Å². The van der Waals surface area contributed by atoms with Crippen molar-refractivity contribution in [1.29, 1.82) is 0 Å². The third-order valence-electron chi connectivity index (χ3n) is 2.64. The molecule has 2 aromatic heterocycles. The molecule has 1 unspecified atom stereocenters. The molecule has 0 aliphatic heterocycles. The van der Waals surface area contributed by atoms with Crippen LogP contribution in [0.15, 0.2) is 10.7 Å². The van der Waals surface area contributed by atoms with Crippen molar-refractivity contribution in [2.24, 2.45) is 0 Å². The highest BCUT2D eigenvalue weighted by molar-refractivity contribution is 6.32. The number of nitrogens with one attached hydrogen (secondary N) is 1. The highest BCUT2D eigenvalue weighted by atomic mass is 35.5. The largest absolute Gasteiger partial charge is 0.368 e. The van der Waals surface area contributed by atoms with Crippen LogP contribution >= 0.6 is 11.6 Å². The third kappa shape index (κ3) is 2.38. The molecule has 0 bridgehead atoms. The number of nitrogens with two attached hydrogens (primary N) is 1. The maximum Gasteiger partial charge on any atom is 0.222 e. The second-order valence-electron chi connectivity index (χ2n) is 4.03. The van der Waals surface area contributed by atoms with Crippen molar-refractivity contribution in [2.75, 3.05) is 11.1 Å². The average molecular weight is 268 g/mol. The van der Waals surface area contributed by atoms with Gasteiger partial charge in [0.15, 0.2) is 5.82 Å². The van der Waals surface area contributed by atoms with Crippen molar-refractivity contribution in [3.63, 3.8) is 0 Å². The molecule has 96 valence electrons. The Bertz CT molecular complexity index is 549. The molecule has 0 spiro atoms. The standard InChI is InChI=1S/C11H14ClN5O/c1-5(9-6(2)17-18-7(9)3)15-10-8(12)4-14-11(13)16-10/h4-5H,1-3H3,(H3,13,14,15,16). The van der Waals surface area contributed by atoms with Gasteiger partial charge in [0.1, 0.15) is 10.8 Å². The van der Waals surface area contributed by atoms with E-state index in [4.69, 9.17) is 21.9 Å². The number of halogens is 1. The number of aryl methyl sites for hydroxylation is 2. The zero-order valence-electron chi connectivity index (χ0n) is 10.4. The number of hydrogen-bond donors (Lipinski definition) is 2. The molecule has 3 N–H and O–H groups in total. The van der Waals surface area contributed by atoms with E-state index in [2.05, 4.69) is 20.4 Å². The number of rotatable bonds is 3. The Labute approximate surface area is 110 Å². The van der Waals surface area contributed by atoms with Crippen molar-refractivity contribution < 1.29 is 4.52 Å². The van der Waals surface area contributed by atoms with E-state index in [1.165, 1.54) is 6.20 Å². The average Bonchev–Trinajstić information content (AvgIpc) is 2.63. The number of hydrogen-bond acceptors (Lipinski definition) is 6. The molecule has 0 saturated heterocycles. The van der Waals surface area contributed by atoms with Crippen LogP contribution in [0.5, 0.6) is 0 Å². The van der Waals surface area contributed by atoms with Gasteiger partial charge in [-0.1, -0.05) is 16.8 Å². The van der Waals surface area contributed by atoms with E-state index in [9.17, 15) is 0 Å². The van der Waals surface area contributed by atoms with Crippen molar-refractivity contribution >= 4 is 23.4 Å². The Morgan fingerprint density at radius 1 is 1.44 bits per heavy atom. The molecule has 1 atom stereocenters. The summed E-state index contributed by atoms with van der Waals surface area (Å²) >= 11 is 6.00. The number of nitrogen functional groups attached to an aromatic ring is 1. The monoisotopic (exact) mass is 267 g/mol. The first-order valence-corrected chi connectivity index (χ1v) is 5.84. The molecule has 2 rings (SSSR count). The van der Waals surface area contributed by atoms with Crippen LogP contribution in [0.3, 0.4) is 0 Å². The lowest BCUT2D eigenvalue weighted by molar-refractivity contribution is 0.392. The van der Waals surface area contributed by atoms with Crippen LogP contribution in [-0.4, -0.2) is 15.1 Å². The molecule has 7 heteroatoms. The van der Waals surface area contributed by atoms with Crippen LogP contribution in [0.4, 0.5) is 11.8 Å². The molecule has 6 nitrogen and oxygen atoms in total. The van der Waals surface area contributed by atoms with E-state index < -0.39 is 0 Å². The summed E-state index contributed by atoms with van der Waals surface area (Å²) in [4.78, 5) is 7.86. The maximum atomic E-state index is 6.00. The lowest BCUT2D eigenvalue weighted by atomic mass is 10.1. The third-order valence-corrected chi connectivity index (χ3v) is 2.91. The Balaban J connectivity index is 2.26. The van der Waals surface area contributed by atoms with Crippen molar-refractivity contribution in [2.45, 2.75) is 26.8 Å². The van der Waals surface area contributed by atoms with Crippen molar-refractivity contribution in [3.05, 3.63) is 28.2 Å². The first-order chi connectivity index (χ1) is 8.49. The van der Waals surface area contributed by atoms with E-state index in [0.717, 1.165) is 17.0 Å². The van der Waals surface area contributed by atoms with Crippen LogP contribution in [-0.2, 0) is 0 Å². The Morgan fingerprint density at radius 3 is 2.78 bits per heavy atom. The summed E-state index contributed by atoms with van der Waals surface area (Å²) < 4.78 is 5.13. The van der Waals surface area contributed by atoms with Gasteiger partial charge in [-0.25, -0.2) is 4.98 Å². The fourth-order valence-electron chi connectivity index (χ4n) is 1.87. The lowest BCUT2D eigenvalue weighted by Crippen LogP contribution is -2.11. The van der Waals surface area contributed by atoms with E-state index in [1.54, 1.807) is 0 Å². The van der Waals surface area contributed by atoms with Gasteiger partial charge in [0, 0.05) is 5.56 Å². The zero-order valence-corrected chi connectivity index (χ0v) is 11.1. The molecular formula is C11H14ClN5O. The zero-order chi connectivity index (χ0) is 13.3. The quantitative estimate of drug-likeness (QED) is 0.888. The smallest absolute Gasteiger partial charge is 0.222 e. The van der Waals surface area contributed by atoms with Gasteiger partial charge in [-0.3, -0.25) is 0 Å². The van der Waals surface area contributed by atoms with E-state index >= 15 is 0 Å². The first-order valence-electron chi connectivity index (χ1n) is 5.46. The lowest BCUT2D eigenvalue weighted by Gasteiger charge is -2.15. The van der Waals surface area contributed by atoms with E-state index in [0.29, 0.717) is 10.8 Å². The molecule has 0 saturated carbocycles. The van der Waals surface area contributed by atoms with Gasteiger partial charge >= 0.3 is 0 Å². The minimum absolute atomic E-state index is 0.0388. The SMILES string of the molecule is Cc1noc(C)c1C(C)Nc1nc(N)ncc1Cl. The van der Waals surface area contributed by atoms with Gasteiger partial charge in [0.2, 0.25) is 5.95 Å². The molecule has 2 heterocycles. The summed E-state index contributed by atoms with van der Waals surface area (Å²) in [5.74, 6) is 1.44. The van der Waals surface area contributed by atoms with Gasteiger partial charge < -0.3 is 15.6 Å². The number of aromatic nitrogens is 3. The molecule has 2 aromatic rings. The Morgan fingerprint density at radius 2 is 2.17 bits per heavy atom. The normalized spacial score (nSPS) is 12.4. The van der Waals surface area contributed by atoms with E-state index in [-0.39, 0.29) is 12.0 Å². The van der Waals surface area contributed by atoms with Crippen LogP contribution in [0.25, 0.3) is 0 Å². The van der Waals surface area contributed by atoms with Gasteiger partial charge in [-0.05, 0) is 20.8 Å². The van der Waals surface area contributed by atoms with Crippen molar-refractivity contribution in [1.82, 2.24) is 15.1 Å². The summed E-state index contributed by atoms with van der Waals surface area (Å²) in [7, 11) is 0. The predicted octanol–water partition coefficient (Wildman–Crippen LogP) is 2.49.